The Labute approximate surface area is 140 Å². The van der Waals surface area contributed by atoms with Crippen LogP contribution in [0, 0.1) is 0 Å². The number of piperazine rings is 1. The largest absolute Gasteiger partial charge is 0.352 e. The molecular formula is C16H31ClN4O. The molecular weight excluding hydrogens is 300 g/mol. The number of carbonyl (C=O) groups excluding carboxylic acids is 1. The van der Waals surface area contributed by atoms with Crippen molar-refractivity contribution >= 4 is 18.3 Å². The Hall–Kier alpha value is -0.360. The molecule has 0 aromatic carbocycles. The molecule has 1 amide bonds. The molecule has 0 spiro atoms. The number of carbonyl (C=O) groups is 1. The molecule has 2 atom stereocenters. The van der Waals surface area contributed by atoms with Crippen molar-refractivity contribution in [3.05, 3.63) is 0 Å². The van der Waals surface area contributed by atoms with Gasteiger partial charge in [-0.3, -0.25) is 14.6 Å². The first-order valence-corrected chi connectivity index (χ1v) is 8.73. The van der Waals surface area contributed by atoms with Gasteiger partial charge in [-0.25, -0.2) is 0 Å². The third-order valence-corrected chi connectivity index (χ3v) is 5.53. The Morgan fingerprint density at radius 2 is 1.82 bits per heavy atom. The van der Waals surface area contributed by atoms with E-state index in [1.165, 1.54) is 32.1 Å². The zero-order chi connectivity index (χ0) is 14.7. The number of hydrogen-bond acceptors (Lipinski definition) is 4. The fraction of sp³-hybridized carbons (Fsp3) is 0.938. The van der Waals surface area contributed by atoms with Crippen LogP contribution in [0.25, 0.3) is 0 Å². The monoisotopic (exact) mass is 330 g/mol. The maximum absolute atomic E-state index is 12.4. The molecule has 0 radical (unpaired) electrons. The van der Waals surface area contributed by atoms with Crippen molar-refractivity contribution in [1.82, 2.24) is 20.4 Å². The summed E-state index contributed by atoms with van der Waals surface area (Å²) in [5.74, 6) is 0.234. The van der Waals surface area contributed by atoms with Crippen molar-refractivity contribution < 1.29 is 4.79 Å². The number of rotatable bonds is 4. The SMILES string of the molecule is CC(C(=O)NC1CCCC1)N1CCN(C2CCNC2)CC1.Cl. The number of nitrogens with one attached hydrogen (secondary N) is 2. The summed E-state index contributed by atoms with van der Waals surface area (Å²) in [6, 6.07) is 1.18. The fourth-order valence-corrected chi connectivity index (χ4v) is 4.00. The van der Waals surface area contributed by atoms with E-state index in [0.717, 1.165) is 45.3 Å². The topological polar surface area (TPSA) is 47.6 Å². The molecule has 0 aromatic heterocycles. The average molecular weight is 331 g/mol. The Morgan fingerprint density at radius 3 is 2.41 bits per heavy atom. The van der Waals surface area contributed by atoms with Crippen LogP contribution in [0.1, 0.15) is 39.0 Å². The van der Waals surface area contributed by atoms with Crippen molar-refractivity contribution in [2.24, 2.45) is 0 Å². The molecule has 22 heavy (non-hydrogen) atoms. The lowest BCUT2D eigenvalue weighted by Crippen LogP contribution is -2.56. The summed E-state index contributed by atoms with van der Waals surface area (Å²) in [6.45, 7) is 8.62. The number of hydrogen-bond donors (Lipinski definition) is 2. The van der Waals surface area contributed by atoms with Crippen molar-refractivity contribution in [2.75, 3.05) is 39.3 Å². The van der Waals surface area contributed by atoms with Crippen LogP contribution in [0.3, 0.4) is 0 Å². The summed E-state index contributed by atoms with van der Waals surface area (Å²) >= 11 is 0. The first-order valence-electron chi connectivity index (χ1n) is 8.73. The maximum Gasteiger partial charge on any atom is 0.237 e. The standard InChI is InChI=1S/C16H30N4O.ClH/c1-13(16(21)18-14-4-2-3-5-14)19-8-10-20(11-9-19)15-6-7-17-12-15;/h13-15,17H,2-12H2,1H3,(H,18,21);1H. The minimum Gasteiger partial charge on any atom is -0.352 e. The number of nitrogens with zero attached hydrogens (tertiary/aromatic N) is 2. The zero-order valence-electron chi connectivity index (χ0n) is 13.7. The predicted molar refractivity (Wildman–Crippen MR) is 91.5 cm³/mol. The highest BCUT2D eigenvalue weighted by atomic mass is 35.5. The van der Waals surface area contributed by atoms with Gasteiger partial charge >= 0.3 is 0 Å². The zero-order valence-corrected chi connectivity index (χ0v) is 14.5. The van der Waals surface area contributed by atoms with Gasteiger partial charge in [0.05, 0.1) is 6.04 Å². The van der Waals surface area contributed by atoms with Crippen molar-refractivity contribution in [3.8, 4) is 0 Å². The highest BCUT2D eigenvalue weighted by Gasteiger charge is 2.30. The third-order valence-electron chi connectivity index (χ3n) is 5.53. The lowest BCUT2D eigenvalue weighted by Gasteiger charge is -2.40. The van der Waals surface area contributed by atoms with Gasteiger partial charge in [0.25, 0.3) is 0 Å². The van der Waals surface area contributed by atoms with E-state index in [4.69, 9.17) is 0 Å². The Bertz CT molecular complexity index is 348. The van der Waals surface area contributed by atoms with E-state index in [1.54, 1.807) is 0 Å². The second kappa shape index (κ2) is 8.48. The minimum absolute atomic E-state index is 0. The van der Waals surface area contributed by atoms with Crippen molar-refractivity contribution in [1.29, 1.82) is 0 Å². The highest BCUT2D eigenvalue weighted by molar-refractivity contribution is 5.85. The van der Waals surface area contributed by atoms with E-state index in [9.17, 15) is 4.79 Å². The van der Waals surface area contributed by atoms with E-state index in [0.29, 0.717) is 6.04 Å². The molecule has 0 aromatic rings. The first kappa shape index (κ1) is 18.0. The van der Waals surface area contributed by atoms with Gasteiger partial charge in [0.2, 0.25) is 5.91 Å². The molecule has 2 N–H and O–H groups in total. The summed E-state index contributed by atoms with van der Waals surface area (Å²) in [6.07, 6.45) is 6.15. The molecule has 1 saturated carbocycles. The summed E-state index contributed by atoms with van der Waals surface area (Å²) in [4.78, 5) is 17.3. The van der Waals surface area contributed by atoms with Crippen molar-refractivity contribution in [3.63, 3.8) is 0 Å². The molecule has 1 aliphatic carbocycles. The molecule has 3 fully saturated rings. The van der Waals surface area contributed by atoms with Crippen molar-refractivity contribution in [2.45, 2.75) is 57.2 Å². The summed E-state index contributed by atoms with van der Waals surface area (Å²) < 4.78 is 0. The summed E-state index contributed by atoms with van der Waals surface area (Å²) in [5.41, 5.74) is 0. The lowest BCUT2D eigenvalue weighted by molar-refractivity contribution is -0.127. The Morgan fingerprint density at radius 1 is 1.14 bits per heavy atom. The van der Waals surface area contributed by atoms with Crippen LogP contribution in [0.2, 0.25) is 0 Å². The maximum atomic E-state index is 12.4. The van der Waals surface area contributed by atoms with Crippen LogP contribution < -0.4 is 10.6 Å². The second-order valence-electron chi connectivity index (χ2n) is 6.88. The normalized spacial score (nSPS) is 29.2. The van der Waals surface area contributed by atoms with E-state index in [2.05, 4.69) is 27.4 Å². The molecule has 0 bridgehead atoms. The van der Waals surface area contributed by atoms with E-state index < -0.39 is 0 Å². The van der Waals surface area contributed by atoms with Crippen LogP contribution >= 0.6 is 12.4 Å². The lowest BCUT2D eigenvalue weighted by atomic mass is 10.1. The third kappa shape index (κ3) is 4.34. The first-order chi connectivity index (χ1) is 10.2. The highest BCUT2D eigenvalue weighted by Crippen LogP contribution is 2.18. The van der Waals surface area contributed by atoms with Gasteiger partial charge in [0.15, 0.2) is 0 Å². The van der Waals surface area contributed by atoms with Crippen LogP contribution in [0.5, 0.6) is 0 Å². The van der Waals surface area contributed by atoms with Crippen LogP contribution in [-0.2, 0) is 4.79 Å². The Kier molecular flexibility index (Phi) is 6.93. The Balaban J connectivity index is 0.00000176. The fourth-order valence-electron chi connectivity index (χ4n) is 4.00. The van der Waals surface area contributed by atoms with Gasteiger partial charge in [-0.15, -0.1) is 12.4 Å². The van der Waals surface area contributed by atoms with E-state index in [-0.39, 0.29) is 24.4 Å². The molecule has 2 heterocycles. The number of amides is 1. The van der Waals surface area contributed by atoms with Gasteiger partial charge < -0.3 is 10.6 Å². The smallest absolute Gasteiger partial charge is 0.237 e. The molecule has 2 saturated heterocycles. The molecule has 128 valence electrons. The van der Waals surface area contributed by atoms with Gasteiger partial charge in [-0.1, -0.05) is 12.8 Å². The predicted octanol–water partition coefficient (Wildman–Crippen LogP) is 0.835. The van der Waals surface area contributed by atoms with Crippen LogP contribution in [0.4, 0.5) is 0 Å². The molecule has 2 aliphatic heterocycles. The minimum atomic E-state index is 0. The second-order valence-corrected chi connectivity index (χ2v) is 6.88. The quantitative estimate of drug-likeness (QED) is 0.802. The molecule has 5 nitrogen and oxygen atoms in total. The van der Waals surface area contributed by atoms with E-state index >= 15 is 0 Å². The van der Waals surface area contributed by atoms with E-state index in [1.807, 2.05) is 0 Å². The molecule has 2 unspecified atom stereocenters. The van der Waals surface area contributed by atoms with Gasteiger partial charge in [0, 0.05) is 44.8 Å². The van der Waals surface area contributed by atoms with Gasteiger partial charge in [-0.05, 0) is 32.7 Å². The summed E-state index contributed by atoms with van der Waals surface area (Å²) in [5, 5.41) is 6.68. The van der Waals surface area contributed by atoms with Crippen LogP contribution in [0.15, 0.2) is 0 Å². The number of halogens is 1. The summed E-state index contributed by atoms with van der Waals surface area (Å²) in [7, 11) is 0. The van der Waals surface area contributed by atoms with Gasteiger partial charge in [-0.2, -0.15) is 0 Å². The molecule has 3 aliphatic rings. The van der Waals surface area contributed by atoms with Gasteiger partial charge in [0.1, 0.15) is 0 Å². The molecule has 3 rings (SSSR count). The van der Waals surface area contributed by atoms with Crippen LogP contribution in [-0.4, -0.2) is 73.1 Å². The average Bonchev–Trinajstić information content (AvgIpc) is 3.20. The molecule has 6 heteroatoms.